The zero-order valence-electron chi connectivity index (χ0n) is 19.3. The van der Waals surface area contributed by atoms with Crippen molar-refractivity contribution in [2.45, 2.75) is 19.0 Å². The molecule has 8 nitrogen and oxygen atoms in total. The number of amides is 2. The fourth-order valence-electron chi connectivity index (χ4n) is 6.02. The van der Waals surface area contributed by atoms with Crippen molar-refractivity contribution >= 4 is 35.0 Å². The van der Waals surface area contributed by atoms with Crippen molar-refractivity contribution in [2.24, 2.45) is 11.8 Å². The van der Waals surface area contributed by atoms with E-state index >= 15 is 0 Å². The molecule has 5 atom stereocenters. The molecule has 0 bridgehead atoms. The summed E-state index contributed by atoms with van der Waals surface area (Å²) in [4.78, 5) is 54.5. The van der Waals surface area contributed by atoms with Crippen LogP contribution in [0.25, 0.3) is 6.08 Å². The molecule has 0 spiro atoms. The van der Waals surface area contributed by atoms with Crippen molar-refractivity contribution < 1.29 is 24.2 Å². The van der Waals surface area contributed by atoms with Crippen molar-refractivity contribution in [1.29, 1.82) is 0 Å². The molecule has 0 aliphatic carbocycles. The number of nitro benzene ring substituents is 1. The van der Waals surface area contributed by atoms with Crippen LogP contribution in [0.3, 0.4) is 0 Å². The Morgan fingerprint density at radius 2 is 1.64 bits per heavy atom. The first-order chi connectivity index (χ1) is 17.4. The van der Waals surface area contributed by atoms with Crippen LogP contribution < -0.4 is 9.80 Å². The van der Waals surface area contributed by atoms with Gasteiger partial charge in [-0.15, -0.1) is 0 Å². The van der Waals surface area contributed by atoms with E-state index in [4.69, 9.17) is 0 Å². The van der Waals surface area contributed by atoms with Crippen LogP contribution in [0.5, 0.6) is 0 Å². The molecule has 3 aromatic rings. The summed E-state index contributed by atoms with van der Waals surface area (Å²) in [6.45, 7) is 1.70. The van der Waals surface area contributed by atoms with E-state index in [0.29, 0.717) is 11.1 Å². The smallest absolute Gasteiger partial charge is 0.271 e. The summed E-state index contributed by atoms with van der Waals surface area (Å²) in [5.74, 6) is -2.78. The van der Waals surface area contributed by atoms with Gasteiger partial charge in [0.1, 0.15) is 17.9 Å². The molecule has 178 valence electrons. The molecule has 6 rings (SSSR count). The molecule has 2 saturated heterocycles. The molecule has 3 aliphatic heterocycles. The van der Waals surface area contributed by atoms with Crippen LogP contribution in [-0.4, -0.2) is 28.6 Å². The van der Waals surface area contributed by atoms with Crippen LogP contribution in [0.2, 0.25) is 0 Å². The molecule has 3 aliphatic rings. The first kappa shape index (κ1) is 22.1. The summed E-state index contributed by atoms with van der Waals surface area (Å²) in [5, 5.41) is 11.4. The quantitative estimate of drug-likeness (QED) is 0.268. The molecule has 1 N–H and O–H groups in total. The lowest BCUT2D eigenvalue weighted by atomic mass is 9.83. The van der Waals surface area contributed by atoms with Gasteiger partial charge in [0.15, 0.2) is 6.04 Å². The van der Waals surface area contributed by atoms with Crippen molar-refractivity contribution in [2.75, 3.05) is 4.90 Å². The summed E-state index contributed by atoms with van der Waals surface area (Å²) in [6, 6.07) is 19.4. The predicted octanol–water partition coefficient (Wildman–Crippen LogP) is 2.88. The van der Waals surface area contributed by atoms with Gasteiger partial charge in [0.2, 0.25) is 17.6 Å². The molecule has 0 radical (unpaired) electrons. The number of aryl methyl sites for hydroxylation is 1. The maximum absolute atomic E-state index is 14.0. The number of nitrogens with zero attached hydrogens (tertiary/aromatic N) is 2. The Balaban J connectivity index is 1.51. The summed E-state index contributed by atoms with van der Waals surface area (Å²) in [7, 11) is 0. The van der Waals surface area contributed by atoms with E-state index in [-0.39, 0.29) is 17.2 Å². The highest BCUT2D eigenvalue weighted by Crippen LogP contribution is 2.46. The standard InChI is InChI=1S/C28H21N3O5/c1-16-11-12-19(31(35)36)15-21(16)30-27(33)22-23(28(30)34)25(26(32)18-8-3-2-4-9-18)29-14-13-17-7-5-6-10-20(17)24(22)29/h2-15,22-25H,1H3/p+1. The number of ketones is 1. The fourth-order valence-corrected chi connectivity index (χ4v) is 6.02. The van der Waals surface area contributed by atoms with E-state index in [1.807, 2.05) is 42.6 Å². The number of non-ortho nitro benzene ring substituents is 1. The van der Waals surface area contributed by atoms with Crippen LogP contribution in [0.4, 0.5) is 11.4 Å². The minimum absolute atomic E-state index is 0.195. The molecule has 8 heteroatoms. The number of rotatable bonds is 4. The van der Waals surface area contributed by atoms with Gasteiger partial charge in [-0.25, -0.2) is 4.90 Å². The van der Waals surface area contributed by atoms with Crippen molar-refractivity contribution in [1.82, 2.24) is 0 Å². The van der Waals surface area contributed by atoms with Crippen LogP contribution >= 0.6 is 0 Å². The zero-order chi connectivity index (χ0) is 25.1. The van der Waals surface area contributed by atoms with Gasteiger partial charge in [-0.2, -0.15) is 0 Å². The third-order valence-corrected chi connectivity index (χ3v) is 7.61. The van der Waals surface area contributed by atoms with E-state index in [1.165, 1.54) is 18.2 Å². The lowest BCUT2D eigenvalue weighted by Crippen LogP contribution is -3.12. The maximum atomic E-state index is 14.0. The number of imide groups is 1. The Hall–Kier alpha value is -4.43. The second-order valence-corrected chi connectivity index (χ2v) is 9.44. The number of hydrogen-bond acceptors (Lipinski definition) is 5. The number of nitrogens with one attached hydrogen (secondary N) is 1. The molecular weight excluding hydrogens is 458 g/mol. The summed E-state index contributed by atoms with van der Waals surface area (Å²) < 4.78 is 0. The molecule has 0 saturated carbocycles. The van der Waals surface area contributed by atoms with Crippen molar-refractivity contribution in [3.63, 3.8) is 0 Å². The highest BCUT2D eigenvalue weighted by atomic mass is 16.6. The van der Waals surface area contributed by atoms with Gasteiger partial charge in [0, 0.05) is 23.3 Å². The normalized spacial score (nSPS) is 25.9. The van der Waals surface area contributed by atoms with E-state index in [2.05, 4.69) is 0 Å². The zero-order valence-corrected chi connectivity index (χ0v) is 19.3. The molecule has 5 unspecified atom stereocenters. The second kappa shape index (κ2) is 8.07. The van der Waals surface area contributed by atoms with Crippen LogP contribution in [-0.2, 0) is 9.59 Å². The second-order valence-electron chi connectivity index (χ2n) is 9.44. The van der Waals surface area contributed by atoms with Crippen LogP contribution in [0.15, 0.2) is 79.0 Å². The predicted molar refractivity (Wildman–Crippen MR) is 131 cm³/mol. The minimum atomic E-state index is -0.889. The number of anilines is 1. The van der Waals surface area contributed by atoms with Crippen LogP contribution in [0.1, 0.15) is 33.1 Å². The van der Waals surface area contributed by atoms with Gasteiger partial charge >= 0.3 is 0 Å². The van der Waals surface area contributed by atoms with E-state index in [1.54, 1.807) is 31.2 Å². The van der Waals surface area contributed by atoms with Crippen LogP contribution in [0, 0.1) is 28.9 Å². The van der Waals surface area contributed by atoms with Crippen molar-refractivity contribution in [3.8, 4) is 0 Å². The average Bonchev–Trinajstić information content (AvgIpc) is 3.37. The van der Waals surface area contributed by atoms with Gasteiger partial charge in [0.25, 0.3) is 5.69 Å². The monoisotopic (exact) mass is 480 g/mol. The third kappa shape index (κ3) is 3.08. The van der Waals surface area contributed by atoms with E-state index in [9.17, 15) is 24.5 Å². The Morgan fingerprint density at radius 3 is 2.39 bits per heavy atom. The van der Waals surface area contributed by atoms with Gasteiger partial charge in [-0.1, -0.05) is 60.7 Å². The molecule has 3 heterocycles. The highest BCUT2D eigenvalue weighted by Gasteiger charge is 2.68. The number of quaternary nitrogens is 1. The van der Waals surface area contributed by atoms with Gasteiger partial charge in [0.05, 0.1) is 16.8 Å². The van der Waals surface area contributed by atoms with Gasteiger partial charge < -0.3 is 0 Å². The molecule has 2 amide bonds. The number of nitro groups is 1. The molecule has 3 aromatic carbocycles. The third-order valence-electron chi connectivity index (χ3n) is 7.61. The lowest BCUT2D eigenvalue weighted by Gasteiger charge is -2.30. The fraction of sp³-hybridized carbons (Fsp3) is 0.179. The van der Waals surface area contributed by atoms with Gasteiger partial charge in [-0.05, 0) is 24.1 Å². The largest absolute Gasteiger partial charge is 0.292 e. The Morgan fingerprint density at radius 1 is 0.944 bits per heavy atom. The first-order valence-corrected chi connectivity index (χ1v) is 11.7. The number of fused-ring (bicyclic) bond motifs is 5. The average molecular weight is 481 g/mol. The number of carbonyl (C=O) groups is 3. The molecular formula is C28H22N3O5+. The summed E-state index contributed by atoms with van der Waals surface area (Å²) in [6.07, 6.45) is 3.82. The number of benzene rings is 3. The summed E-state index contributed by atoms with van der Waals surface area (Å²) >= 11 is 0. The molecule has 2 fully saturated rings. The van der Waals surface area contributed by atoms with E-state index in [0.717, 1.165) is 20.9 Å². The Bertz CT molecular complexity index is 1480. The topological polar surface area (TPSA) is 102 Å². The van der Waals surface area contributed by atoms with Gasteiger partial charge in [-0.3, -0.25) is 29.4 Å². The number of Topliss-reactive ketones (excluding diaryl/α,β-unsaturated/α-hetero) is 1. The lowest BCUT2D eigenvalue weighted by molar-refractivity contribution is -0.884. The summed E-state index contributed by atoms with van der Waals surface area (Å²) in [5.41, 5.74) is 2.90. The Labute approximate surface area is 206 Å². The van der Waals surface area contributed by atoms with E-state index < -0.39 is 40.7 Å². The number of carbonyl (C=O) groups excluding carboxylic acids is 3. The molecule has 0 aromatic heterocycles. The Kier molecular flexibility index (Phi) is 4.94. The minimum Gasteiger partial charge on any atom is -0.292 e. The first-order valence-electron chi connectivity index (χ1n) is 11.7. The maximum Gasteiger partial charge on any atom is 0.271 e. The number of hydrogen-bond donors (Lipinski definition) is 1. The highest BCUT2D eigenvalue weighted by molar-refractivity contribution is 6.24. The molecule has 36 heavy (non-hydrogen) atoms. The SMILES string of the molecule is Cc1ccc([N+](=O)[O-])cc1N1C(=O)C2C(C1=O)C1c3ccccc3C=C[NH+]1C2C(=O)c1ccccc1. The van der Waals surface area contributed by atoms with Crippen molar-refractivity contribution in [3.05, 3.63) is 111 Å².